The summed E-state index contributed by atoms with van der Waals surface area (Å²) in [6, 6.07) is 0. The van der Waals surface area contributed by atoms with Crippen molar-refractivity contribution in [2.75, 3.05) is 11.0 Å². The number of rotatable bonds is 1. The van der Waals surface area contributed by atoms with E-state index >= 15 is 0 Å². The minimum Gasteiger partial charge on any atom is -0.373 e. The molecule has 0 atom stereocenters. The Bertz CT molecular complexity index is 142. The summed E-state index contributed by atoms with van der Waals surface area (Å²) in [6.07, 6.45) is 2.45. The topological polar surface area (TPSA) is 9.23 Å². The van der Waals surface area contributed by atoms with Crippen LogP contribution in [0.25, 0.3) is 0 Å². The van der Waals surface area contributed by atoms with Gasteiger partial charge >= 0.3 is 0 Å². The van der Waals surface area contributed by atoms with Gasteiger partial charge in [-0.2, -0.15) is 0 Å². The van der Waals surface area contributed by atoms with Gasteiger partial charge in [0, 0.05) is 4.43 Å². The smallest absolute Gasteiger partial charge is 0.0800 e. The van der Waals surface area contributed by atoms with Crippen molar-refractivity contribution in [2.24, 2.45) is 0 Å². The zero-order chi connectivity index (χ0) is 6.54. The molecule has 0 aromatic carbocycles. The summed E-state index contributed by atoms with van der Waals surface area (Å²) in [6.45, 7) is 0.927. The van der Waals surface area contributed by atoms with Crippen LogP contribution in [0, 0.1) is 0 Å². The van der Waals surface area contributed by atoms with Crippen molar-refractivity contribution in [2.45, 2.75) is 22.8 Å². The molecule has 0 aromatic rings. The SMILES string of the molecule is BrC12COC(CI)(C1)C2. The van der Waals surface area contributed by atoms with Crippen LogP contribution in [0.15, 0.2) is 0 Å². The van der Waals surface area contributed by atoms with Crippen LogP contribution in [-0.4, -0.2) is 21.0 Å². The van der Waals surface area contributed by atoms with E-state index in [1.165, 1.54) is 12.8 Å². The predicted octanol–water partition coefficient (Wildman–Crippen LogP) is 2.12. The third-order valence-corrected chi connectivity index (χ3v) is 4.34. The van der Waals surface area contributed by atoms with Crippen molar-refractivity contribution in [1.29, 1.82) is 0 Å². The number of ether oxygens (including phenoxy) is 1. The quantitative estimate of drug-likeness (QED) is 0.532. The van der Waals surface area contributed by atoms with Crippen molar-refractivity contribution in [3.05, 3.63) is 0 Å². The highest BCUT2D eigenvalue weighted by atomic mass is 127. The Morgan fingerprint density at radius 2 is 2.22 bits per heavy atom. The zero-order valence-electron chi connectivity index (χ0n) is 4.99. The van der Waals surface area contributed by atoms with Gasteiger partial charge in [0.1, 0.15) is 0 Å². The summed E-state index contributed by atoms with van der Waals surface area (Å²) < 4.78 is 7.15. The second-order valence-corrected chi connectivity index (χ2v) is 5.55. The lowest BCUT2D eigenvalue weighted by Crippen LogP contribution is -2.46. The molecule has 2 heterocycles. The van der Waals surface area contributed by atoms with E-state index in [1.807, 2.05) is 0 Å². The molecule has 0 unspecified atom stereocenters. The van der Waals surface area contributed by atoms with Crippen molar-refractivity contribution in [3.63, 3.8) is 0 Å². The molecule has 2 saturated heterocycles. The maximum absolute atomic E-state index is 5.61. The van der Waals surface area contributed by atoms with E-state index in [0.717, 1.165) is 11.0 Å². The molecule has 2 aliphatic heterocycles. The van der Waals surface area contributed by atoms with E-state index in [-0.39, 0.29) is 5.60 Å². The monoisotopic (exact) mass is 302 g/mol. The summed E-state index contributed by atoms with van der Waals surface area (Å²) in [5, 5.41) is 0. The summed E-state index contributed by atoms with van der Waals surface area (Å²) in [7, 11) is 0. The highest BCUT2D eigenvalue weighted by Crippen LogP contribution is 2.57. The van der Waals surface area contributed by atoms with Crippen LogP contribution in [0.5, 0.6) is 0 Å². The van der Waals surface area contributed by atoms with Crippen LogP contribution in [0.1, 0.15) is 12.8 Å². The molecule has 1 nitrogen and oxygen atoms in total. The first-order chi connectivity index (χ1) is 4.18. The van der Waals surface area contributed by atoms with Gasteiger partial charge in [-0.1, -0.05) is 38.5 Å². The molecule has 3 heteroatoms. The molecular weight excluding hydrogens is 295 g/mol. The molecule has 1 aliphatic carbocycles. The zero-order valence-corrected chi connectivity index (χ0v) is 8.74. The second-order valence-electron chi connectivity index (χ2n) is 3.11. The lowest BCUT2D eigenvalue weighted by atomic mass is 9.76. The van der Waals surface area contributed by atoms with Crippen LogP contribution < -0.4 is 0 Å². The molecule has 3 fully saturated rings. The Hall–Kier alpha value is 1.17. The summed E-state index contributed by atoms with van der Waals surface area (Å²) in [4.78, 5) is 0. The molecule has 0 N–H and O–H groups in total. The molecule has 52 valence electrons. The molecule has 3 aliphatic rings. The maximum atomic E-state index is 5.61. The van der Waals surface area contributed by atoms with Crippen molar-refractivity contribution in [1.82, 2.24) is 0 Å². The van der Waals surface area contributed by atoms with Crippen LogP contribution in [0.3, 0.4) is 0 Å². The van der Waals surface area contributed by atoms with E-state index in [9.17, 15) is 0 Å². The lowest BCUT2D eigenvalue weighted by Gasteiger charge is -2.39. The number of alkyl halides is 2. The Balaban J connectivity index is 2.12. The van der Waals surface area contributed by atoms with E-state index in [0.29, 0.717) is 4.32 Å². The Kier molecular flexibility index (Phi) is 1.41. The highest BCUT2D eigenvalue weighted by molar-refractivity contribution is 14.1. The molecular formula is C6H8BrIO. The molecule has 1 saturated carbocycles. The average Bonchev–Trinajstić information content (AvgIpc) is 2.20. The van der Waals surface area contributed by atoms with Gasteiger partial charge < -0.3 is 4.74 Å². The van der Waals surface area contributed by atoms with Gasteiger partial charge in [0.25, 0.3) is 0 Å². The molecule has 0 aromatic heterocycles. The number of halogens is 2. The fourth-order valence-corrected chi connectivity index (χ4v) is 3.62. The largest absolute Gasteiger partial charge is 0.373 e. The van der Waals surface area contributed by atoms with Crippen LogP contribution in [0.4, 0.5) is 0 Å². The first kappa shape index (κ1) is 6.85. The fourth-order valence-electron chi connectivity index (χ4n) is 1.72. The van der Waals surface area contributed by atoms with Gasteiger partial charge in [0.2, 0.25) is 0 Å². The normalized spacial score (nSPS) is 55.3. The van der Waals surface area contributed by atoms with E-state index < -0.39 is 0 Å². The van der Waals surface area contributed by atoms with Gasteiger partial charge in [-0.15, -0.1) is 0 Å². The Labute approximate surface area is 76.8 Å². The number of hydrogen-bond acceptors (Lipinski definition) is 1. The van der Waals surface area contributed by atoms with Crippen LogP contribution >= 0.6 is 38.5 Å². The first-order valence-corrected chi connectivity index (χ1v) is 5.39. The van der Waals surface area contributed by atoms with Gasteiger partial charge in [0.05, 0.1) is 16.5 Å². The average molecular weight is 303 g/mol. The highest BCUT2D eigenvalue weighted by Gasteiger charge is 2.60. The minimum atomic E-state index is 0.282. The third-order valence-electron chi connectivity index (χ3n) is 2.16. The summed E-state index contributed by atoms with van der Waals surface area (Å²) >= 11 is 6.06. The van der Waals surface area contributed by atoms with Crippen molar-refractivity contribution < 1.29 is 4.74 Å². The van der Waals surface area contributed by atoms with E-state index in [4.69, 9.17) is 4.74 Å². The Morgan fingerprint density at radius 1 is 1.56 bits per heavy atom. The molecule has 0 amide bonds. The van der Waals surface area contributed by atoms with Crippen LogP contribution in [-0.2, 0) is 4.74 Å². The predicted molar refractivity (Wildman–Crippen MR) is 48.5 cm³/mol. The summed E-state index contributed by atoms with van der Waals surface area (Å²) in [5.74, 6) is 0. The number of fused-ring (bicyclic) bond motifs is 1. The summed E-state index contributed by atoms with van der Waals surface area (Å²) in [5.41, 5.74) is 0.282. The lowest BCUT2D eigenvalue weighted by molar-refractivity contribution is 0.0309. The first-order valence-electron chi connectivity index (χ1n) is 3.07. The van der Waals surface area contributed by atoms with Gasteiger partial charge in [-0.05, 0) is 12.8 Å². The molecule has 9 heavy (non-hydrogen) atoms. The Morgan fingerprint density at radius 3 is 2.44 bits per heavy atom. The third kappa shape index (κ3) is 0.878. The molecule has 0 spiro atoms. The van der Waals surface area contributed by atoms with Crippen LogP contribution in [0.2, 0.25) is 0 Å². The number of hydrogen-bond donors (Lipinski definition) is 0. The maximum Gasteiger partial charge on any atom is 0.0800 e. The van der Waals surface area contributed by atoms with Crippen molar-refractivity contribution in [3.8, 4) is 0 Å². The fraction of sp³-hybridized carbons (Fsp3) is 1.00. The minimum absolute atomic E-state index is 0.282. The van der Waals surface area contributed by atoms with Gasteiger partial charge in [-0.3, -0.25) is 0 Å². The van der Waals surface area contributed by atoms with Gasteiger partial charge in [-0.25, -0.2) is 0 Å². The van der Waals surface area contributed by atoms with E-state index in [1.54, 1.807) is 0 Å². The molecule has 3 rings (SSSR count). The van der Waals surface area contributed by atoms with E-state index in [2.05, 4.69) is 38.5 Å². The van der Waals surface area contributed by atoms with Gasteiger partial charge in [0.15, 0.2) is 0 Å². The molecule has 0 radical (unpaired) electrons. The standard InChI is InChI=1S/C6H8BrIO/c7-5-1-6(2-5,3-8)9-4-5/h1-4H2. The molecule has 2 bridgehead atoms. The second kappa shape index (κ2) is 1.85. The van der Waals surface area contributed by atoms with Crippen molar-refractivity contribution >= 4 is 38.5 Å².